The minimum Gasteiger partial charge on any atom is -0.481 e. The largest absolute Gasteiger partial charge is 0.481 e. The second kappa shape index (κ2) is 23.4. The van der Waals surface area contributed by atoms with Crippen LogP contribution in [0.1, 0.15) is 60.3 Å². The molecule has 0 aliphatic rings. The highest BCUT2D eigenvalue weighted by Crippen LogP contribution is 2.10. The number of nitrogens with zero attached hydrogens (tertiary/aromatic N) is 1. The van der Waals surface area contributed by atoms with Crippen LogP contribution in [0.2, 0.25) is 0 Å². The highest BCUT2D eigenvalue weighted by molar-refractivity contribution is 5.97. The standard InChI is InChI=1S/C30H54N10O12/c1-13(2)9-17(26(48)40-23(14(3)4)28(50)37-16(29(51)52)7-6-8-34-30(32)33)38-25(47)18(10-21(44)45)36-20(43)11-35-24(46)19(12-41)39-27(49)22(31)15(5)42/h13-19,22-23,41-42H,6-12,31H2,1-5H3,(H,35,46)(H,36,43)(H,37,50)(H,38,47)(H,39,49)(H,40,48)(H,44,45)(H,51,52)(H4,32,33,34)/t15-,16+,17+,18+,19+,22+,23+/m1/s1. The molecule has 0 spiro atoms. The van der Waals surface area contributed by atoms with Gasteiger partial charge in [-0.15, -0.1) is 0 Å². The van der Waals surface area contributed by atoms with Crippen molar-refractivity contribution < 1.29 is 58.8 Å². The number of aliphatic hydroxyl groups excluding tert-OH is 2. The number of nitrogens with two attached hydrogens (primary N) is 3. The van der Waals surface area contributed by atoms with Crippen molar-refractivity contribution in [2.45, 2.75) is 103 Å². The van der Waals surface area contributed by atoms with E-state index >= 15 is 0 Å². The number of carboxylic acid groups (broad SMARTS) is 2. The molecule has 0 aliphatic heterocycles. The van der Waals surface area contributed by atoms with Crippen molar-refractivity contribution in [3.05, 3.63) is 0 Å². The Balaban J connectivity index is 5.75. The summed E-state index contributed by atoms with van der Waals surface area (Å²) in [5, 5.41) is 51.5. The molecule has 0 radical (unpaired) electrons. The van der Waals surface area contributed by atoms with Crippen LogP contribution in [-0.2, 0) is 38.4 Å². The van der Waals surface area contributed by atoms with E-state index in [-0.39, 0.29) is 37.7 Å². The molecule has 0 fully saturated rings. The molecule has 0 aromatic carbocycles. The zero-order valence-corrected chi connectivity index (χ0v) is 29.9. The lowest BCUT2D eigenvalue weighted by atomic mass is 9.99. The third-order valence-electron chi connectivity index (χ3n) is 7.24. The van der Waals surface area contributed by atoms with Gasteiger partial charge in [0.2, 0.25) is 35.4 Å². The minimum absolute atomic E-state index is 0.00330. The van der Waals surface area contributed by atoms with E-state index in [4.69, 9.17) is 17.2 Å². The first-order chi connectivity index (χ1) is 24.1. The summed E-state index contributed by atoms with van der Waals surface area (Å²) < 4.78 is 0. The molecule has 0 unspecified atom stereocenters. The smallest absolute Gasteiger partial charge is 0.326 e. The third kappa shape index (κ3) is 18.2. The van der Waals surface area contributed by atoms with Crippen molar-refractivity contribution in [3.63, 3.8) is 0 Å². The van der Waals surface area contributed by atoms with Gasteiger partial charge in [0, 0.05) is 6.54 Å². The summed E-state index contributed by atoms with van der Waals surface area (Å²) in [6.07, 6.45) is -2.02. The highest BCUT2D eigenvalue weighted by Gasteiger charge is 2.34. The van der Waals surface area contributed by atoms with Gasteiger partial charge >= 0.3 is 11.9 Å². The highest BCUT2D eigenvalue weighted by atomic mass is 16.4. The molecule has 0 saturated heterocycles. The number of hydrogen-bond acceptors (Lipinski definition) is 12. The number of carboxylic acids is 2. The van der Waals surface area contributed by atoms with Gasteiger partial charge in [-0.3, -0.25) is 38.6 Å². The van der Waals surface area contributed by atoms with Gasteiger partial charge in [0.05, 0.1) is 25.7 Å². The van der Waals surface area contributed by atoms with Crippen molar-refractivity contribution in [3.8, 4) is 0 Å². The molecule has 0 aromatic rings. The first-order valence-corrected chi connectivity index (χ1v) is 16.4. The number of rotatable bonds is 24. The van der Waals surface area contributed by atoms with Gasteiger partial charge < -0.3 is 69.5 Å². The lowest BCUT2D eigenvalue weighted by Gasteiger charge is -2.28. The number of carbonyl (C=O) groups is 8. The number of nitrogens with one attached hydrogen (secondary N) is 6. The van der Waals surface area contributed by atoms with Crippen LogP contribution in [-0.4, -0.2) is 136 Å². The molecular formula is C30H54N10O12. The lowest BCUT2D eigenvalue weighted by Crippen LogP contribution is -2.59. The predicted octanol–water partition coefficient (Wildman–Crippen LogP) is -5.46. The van der Waals surface area contributed by atoms with Crippen molar-refractivity contribution in [2.75, 3.05) is 19.7 Å². The van der Waals surface area contributed by atoms with Gasteiger partial charge in [-0.1, -0.05) is 27.7 Å². The fourth-order valence-electron chi connectivity index (χ4n) is 4.39. The Morgan fingerprint density at radius 2 is 1.27 bits per heavy atom. The van der Waals surface area contributed by atoms with Crippen LogP contribution in [0.15, 0.2) is 4.99 Å². The summed E-state index contributed by atoms with van der Waals surface area (Å²) in [6, 6.07) is -8.67. The summed E-state index contributed by atoms with van der Waals surface area (Å²) in [5.74, 6) is -9.61. The van der Waals surface area contributed by atoms with Gasteiger partial charge in [-0.05, 0) is 38.0 Å². The summed E-state index contributed by atoms with van der Waals surface area (Å²) >= 11 is 0. The molecule has 0 aromatic heterocycles. The minimum atomic E-state index is -1.75. The fraction of sp³-hybridized carbons (Fsp3) is 0.700. The van der Waals surface area contributed by atoms with Gasteiger partial charge in [-0.25, -0.2) is 4.79 Å². The summed E-state index contributed by atoms with van der Waals surface area (Å²) in [5.41, 5.74) is 16.0. The van der Waals surface area contributed by atoms with Crippen molar-refractivity contribution >= 4 is 53.3 Å². The van der Waals surface area contributed by atoms with E-state index in [2.05, 4.69) is 36.9 Å². The molecular weight excluding hydrogens is 692 g/mol. The Labute approximate surface area is 300 Å². The van der Waals surface area contributed by atoms with Crippen LogP contribution in [0.4, 0.5) is 0 Å². The Bertz CT molecular complexity index is 1290. The zero-order chi connectivity index (χ0) is 40.3. The predicted molar refractivity (Wildman–Crippen MR) is 183 cm³/mol. The Morgan fingerprint density at radius 3 is 1.75 bits per heavy atom. The molecule has 16 N–H and O–H groups in total. The average Bonchev–Trinajstić information content (AvgIpc) is 3.03. The maximum atomic E-state index is 13.4. The molecule has 22 heteroatoms. The first-order valence-electron chi connectivity index (χ1n) is 16.4. The van der Waals surface area contributed by atoms with E-state index in [0.717, 1.165) is 0 Å². The number of aliphatic imine (C=N–C) groups is 1. The topological polar surface area (TPSA) is 380 Å². The number of hydrogen-bond donors (Lipinski definition) is 13. The molecule has 6 amide bonds. The van der Waals surface area contributed by atoms with Crippen molar-refractivity contribution in [1.82, 2.24) is 31.9 Å². The molecule has 7 atom stereocenters. The van der Waals surface area contributed by atoms with Crippen LogP contribution in [0.5, 0.6) is 0 Å². The van der Waals surface area contributed by atoms with E-state index in [1.807, 2.05) is 0 Å². The average molecular weight is 747 g/mol. The molecule has 0 rings (SSSR count). The molecule has 52 heavy (non-hydrogen) atoms. The number of carbonyl (C=O) groups excluding carboxylic acids is 6. The van der Waals surface area contributed by atoms with Crippen LogP contribution in [0, 0.1) is 11.8 Å². The van der Waals surface area contributed by atoms with Crippen LogP contribution in [0.25, 0.3) is 0 Å². The Morgan fingerprint density at radius 1 is 0.712 bits per heavy atom. The van der Waals surface area contributed by atoms with E-state index in [0.29, 0.717) is 0 Å². The maximum Gasteiger partial charge on any atom is 0.326 e. The summed E-state index contributed by atoms with van der Waals surface area (Å²) in [6.45, 7) is 6.23. The van der Waals surface area contributed by atoms with Gasteiger partial charge in [-0.2, -0.15) is 0 Å². The van der Waals surface area contributed by atoms with E-state index in [9.17, 15) is 58.8 Å². The van der Waals surface area contributed by atoms with Crippen LogP contribution in [0.3, 0.4) is 0 Å². The molecule has 296 valence electrons. The monoisotopic (exact) mass is 746 g/mol. The van der Waals surface area contributed by atoms with Crippen LogP contribution < -0.4 is 49.1 Å². The van der Waals surface area contributed by atoms with Gasteiger partial charge in [0.1, 0.15) is 36.3 Å². The lowest BCUT2D eigenvalue weighted by molar-refractivity contribution is -0.143. The quantitative estimate of drug-likeness (QED) is 0.0249. The maximum absolute atomic E-state index is 13.4. The van der Waals surface area contributed by atoms with Crippen LogP contribution >= 0.6 is 0 Å². The number of aliphatic hydroxyl groups is 2. The van der Waals surface area contributed by atoms with Gasteiger partial charge in [0.25, 0.3) is 0 Å². The molecule has 0 aliphatic carbocycles. The van der Waals surface area contributed by atoms with E-state index in [1.54, 1.807) is 27.7 Å². The summed E-state index contributed by atoms with van der Waals surface area (Å²) in [4.78, 5) is 104. The van der Waals surface area contributed by atoms with E-state index < -0.39 is 115 Å². The SMILES string of the molecule is CC(C)C[C@H](NC(=O)[C@H](CC(=O)O)NC(=O)CNC(=O)[C@H](CO)NC(=O)[C@@H](N)[C@@H](C)O)C(=O)N[C@H](C(=O)N[C@@H](CCCN=C(N)N)C(=O)O)C(C)C. The molecule has 22 nitrogen and oxygen atoms in total. The summed E-state index contributed by atoms with van der Waals surface area (Å²) in [7, 11) is 0. The second-order valence-corrected chi connectivity index (χ2v) is 12.7. The fourth-order valence-corrected chi connectivity index (χ4v) is 4.39. The first kappa shape index (κ1) is 46.9. The normalized spacial score (nSPS) is 15.0. The van der Waals surface area contributed by atoms with Crippen molar-refractivity contribution in [2.24, 2.45) is 34.0 Å². The number of amides is 6. The zero-order valence-electron chi connectivity index (χ0n) is 29.9. The molecule has 0 heterocycles. The van der Waals surface area contributed by atoms with Crippen molar-refractivity contribution in [1.29, 1.82) is 0 Å². The molecule has 0 bridgehead atoms. The number of guanidine groups is 1. The number of aliphatic carboxylic acids is 2. The Hall–Kier alpha value is -5.09. The third-order valence-corrected chi connectivity index (χ3v) is 7.24. The second-order valence-electron chi connectivity index (χ2n) is 12.7. The van der Waals surface area contributed by atoms with Gasteiger partial charge in [0.15, 0.2) is 5.96 Å². The molecule has 0 saturated carbocycles. The van der Waals surface area contributed by atoms with E-state index in [1.165, 1.54) is 6.92 Å². The Kier molecular flexibility index (Phi) is 21.1.